The van der Waals surface area contributed by atoms with Gasteiger partial charge in [0.25, 0.3) is 0 Å². The Balaban J connectivity index is 2.49. The van der Waals surface area contributed by atoms with E-state index in [0.717, 1.165) is 11.3 Å². The van der Waals surface area contributed by atoms with Crippen molar-refractivity contribution in [3.8, 4) is 11.4 Å². The number of halogens is 1. The van der Waals surface area contributed by atoms with Crippen LogP contribution in [0.2, 0.25) is 0 Å². The fourth-order valence-corrected chi connectivity index (χ4v) is 1.32. The maximum absolute atomic E-state index is 12.7. The van der Waals surface area contributed by atoms with Crippen molar-refractivity contribution in [2.24, 2.45) is 0 Å². The molecule has 2 aromatic rings. The normalized spacial score (nSPS) is 10.3. The molecule has 0 atom stereocenters. The van der Waals surface area contributed by atoms with Crippen molar-refractivity contribution in [1.82, 2.24) is 9.97 Å². The molecule has 76 valence electrons. The zero-order valence-electron chi connectivity index (χ0n) is 8.24. The second-order valence-corrected chi connectivity index (χ2v) is 3.26. The Kier molecular flexibility index (Phi) is 2.33. The monoisotopic (exact) mass is 203 g/mol. The number of nitrogens with zero attached hydrogens (tertiary/aromatic N) is 2. The summed E-state index contributed by atoms with van der Waals surface area (Å²) in [6, 6.07) is 7.69. The lowest BCUT2D eigenvalue weighted by Gasteiger charge is -2.02. The smallest absolute Gasteiger partial charge is 0.161 e. The Morgan fingerprint density at radius 3 is 2.40 bits per heavy atom. The van der Waals surface area contributed by atoms with Gasteiger partial charge in [-0.2, -0.15) is 0 Å². The minimum Gasteiger partial charge on any atom is -0.384 e. The predicted molar refractivity (Wildman–Crippen MR) is 56.6 cm³/mol. The summed E-state index contributed by atoms with van der Waals surface area (Å²) in [5.74, 6) is 0.661. The molecule has 2 rings (SSSR count). The molecule has 4 heteroatoms. The van der Waals surface area contributed by atoms with E-state index < -0.39 is 0 Å². The van der Waals surface area contributed by atoms with Crippen LogP contribution in [-0.4, -0.2) is 9.97 Å². The molecule has 1 heterocycles. The average Bonchev–Trinajstić information content (AvgIpc) is 2.17. The molecule has 0 aliphatic heterocycles. The summed E-state index contributed by atoms with van der Waals surface area (Å²) in [4.78, 5) is 8.30. The van der Waals surface area contributed by atoms with Gasteiger partial charge < -0.3 is 5.73 Å². The summed E-state index contributed by atoms with van der Waals surface area (Å²) in [5, 5.41) is 0. The molecule has 3 nitrogen and oxygen atoms in total. The Labute approximate surface area is 86.8 Å². The first-order valence-corrected chi connectivity index (χ1v) is 4.52. The molecule has 1 aromatic carbocycles. The zero-order chi connectivity index (χ0) is 10.8. The van der Waals surface area contributed by atoms with Crippen molar-refractivity contribution >= 4 is 5.82 Å². The molecule has 0 fully saturated rings. The van der Waals surface area contributed by atoms with Gasteiger partial charge >= 0.3 is 0 Å². The molecule has 0 amide bonds. The number of rotatable bonds is 1. The van der Waals surface area contributed by atoms with Crippen molar-refractivity contribution in [2.45, 2.75) is 6.92 Å². The Morgan fingerprint density at radius 1 is 1.13 bits per heavy atom. The van der Waals surface area contributed by atoms with Crippen LogP contribution < -0.4 is 5.73 Å². The van der Waals surface area contributed by atoms with E-state index in [9.17, 15) is 4.39 Å². The van der Waals surface area contributed by atoms with Crippen LogP contribution >= 0.6 is 0 Å². The van der Waals surface area contributed by atoms with Gasteiger partial charge in [-0.3, -0.25) is 0 Å². The number of hydrogen-bond acceptors (Lipinski definition) is 3. The van der Waals surface area contributed by atoms with Crippen LogP contribution in [-0.2, 0) is 0 Å². The van der Waals surface area contributed by atoms with E-state index in [2.05, 4.69) is 9.97 Å². The Hall–Kier alpha value is -1.97. The first kappa shape index (κ1) is 9.58. The largest absolute Gasteiger partial charge is 0.384 e. The van der Waals surface area contributed by atoms with Crippen molar-refractivity contribution in [2.75, 3.05) is 5.73 Å². The fourth-order valence-electron chi connectivity index (χ4n) is 1.32. The SMILES string of the molecule is Cc1cc(N)nc(-c2ccc(F)cc2)n1. The van der Waals surface area contributed by atoms with Gasteiger partial charge in [-0.05, 0) is 31.2 Å². The second-order valence-electron chi connectivity index (χ2n) is 3.26. The fraction of sp³-hybridized carbons (Fsp3) is 0.0909. The van der Waals surface area contributed by atoms with Gasteiger partial charge in [-0.1, -0.05) is 0 Å². The van der Waals surface area contributed by atoms with Crippen LogP contribution in [0.15, 0.2) is 30.3 Å². The molecule has 0 aliphatic carbocycles. The Morgan fingerprint density at radius 2 is 1.80 bits per heavy atom. The minimum atomic E-state index is -0.278. The van der Waals surface area contributed by atoms with Gasteiger partial charge in [0.05, 0.1) is 0 Å². The summed E-state index contributed by atoms with van der Waals surface area (Å²) >= 11 is 0. The highest BCUT2D eigenvalue weighted by Gasteiger charge is 2.03. The molecule has 1 aromatic heterocycles. The van der Waals surface area contributed by atoms with Gasteiger partial charge in [-0.15, -0.1) is 0 Å². The Bertz CT molecular complexity index is 459. The molecule has 0 unspecified atom stereocenters. The average molecular weight is 203 g/mol. The first-order chi connectivity index (χ1) is 7.15. The third-order valence-corrected chi connectivity index (χ3v) is 1.98. The van der Waals surface area contributed by atoms with Crippen LogP contribution in [0.5, 0.6) is 0 Å². The summed E-state index contributed by atoms with van der Waals surface area (Å²) in [6.45, 7) is 1.84. The number of nitrogen functional groups attached to an aromatic ring is 1. The summed E-state index contributed by atoms with van der Waals surface area (Å²) < 4.78 is 12.7. The van der Waals surface area contributed by atoms with E-state index >= 15 is 0 Å². The maximum Gasteiger partial charge on any atom is 0.161 e. The molecule has 0 radical (unpaired) electrons. The third kappa shape index (κ3) is 2.10. The second kappa shape index (κ2) is 3.65. The lowest BCUT2D eigenvalue weighted by Crippen LogP contribution is -1.97. The minimum absolute atomic E-state index is 0.278. The number of aromatic nitrogens is 2. The quantitative estimate of drug-likeness (QED) is 0.772. The third-order valence-electron chi connectivity index (χ3n) is 1.98. The van der Waals surface area contributed by atoms with Gasteiger partial charge in [0, 0.05) is 17.3 Å². The van der Waals surface area contributed by atoms with Crippen LogP contribution in [0.1, 0.15) is 5.69 Å². The summed E-state index contributed by atoms with van der Waals surface area (Å²) in [7, 11) is 0. The van der Waals surface area contributed by atoms with Crippen LogP contribution in [0, 0.1) is 12.7 Å². The standard InChI is InChI=1S/C11H10FN3/c1-7-6-10(13)15-11(14-7)8-2-4-9(12)5-3-8/h2-6H,1H3,(H2,13,14,15). The van der Waals surface area contributed by atoms with E-state index in [-0.39, 0.29) is 5.82 Å². The molecular formula is C11H10FN3. The molecule has 0 spiro atoms. The molecule has 0 aliphatic rings. The molecule has 2 N–H and O–H groups in total. The van der Waals surface area contributed by atoms with Crippen LogP contribution in [0.3, 0.4) is 0 Å². The van der Waals surface area contributed by atoms with E-state index in [0.29, 0.717) is 11.6 Å². The lowest BCUT2D eigenvalue weighted by molar-refractivity contribution is 0.628. The van der Waals surface area contributed by atoms with E-state index in [1.165, 1.54) is 12.1 Å². The molecule has 0 saturated carbocycles. The van der Waals surface area contributed by atoms with Crippen molar-refractivity contribution < 1.29 is 4.39 Å². The van der Waals surface area contributed by atoms with E-state index in [1.807, 2.05) is 6.92 Å². The summed E-state index contributed by atoms with van der Waals surface area (Å²) in [5.41, 5.74) is 7.15. The number of benzene rings is 1. The van der Waals surface area contributed by atoms with Gasteiger partial charge in [0.2, 0.25) is 0 Å². The van der Waals surface area contributed by atoms with Crippen LogP contribution in [0.25, 0.3) is 11.4 Å². The highest BCUT2D eigenvalue weighted by atomic mass is 19.1. The van der Waals surface area contributed by atoms with E-state index in [1.54, 1.807) is 18.2 Å². The lowest BCUT2D eigenvalue weighted by atomic mass is 10.2. The van der Waals surface area contributed by atoms with E-state index in [4.69, 9.17) is 5.73 Å². The van der Waals surface area contributed by atoms with Gasteiger partial charge in [0.15, 0.2) is 5.82 Å². The number of aryl methyl sites for hydroxylation is 1. The maximum atomic E-state index is 12.7. The van der Waals surface area contributed by atoms with Gasteiger partial charge in [0.1, 0.15) is 11.6 Å². The predicted octanol–water partition coefficient (Wildman–Crippen LogP) is 2.17. The van der Waals surface area contributed by atoms with Gasteiger partial charge in [-0.25, -0.2) is 14.4 Å². The molecular weight excluding hydrogens is 193 g/mol. The number of nitrogens with two attached hydrogens (primary N) is 1. The molecule has 0 bridgehead atoms. The first-order valence-electron chi connectivity index (χ1n) is 4.52. The van der Waals surface area contributed by atoms with Crippen molar-refractivity contribution in [3.05, 3.63) is 41.8 Å². The topological polar surface area (TPSA) is 51.8 Å². The van der Waals surface area contributed by atoms with Crippen molar-refractivity contribution in [1.29, 1.82) is 0 Å². The number of hydrogen-bond donors (Lipinski definition) is 1. The molecule has 0 saturated heterocycles. The van der Waals surface area contributed by atoms with Crippen molar-refractivity contribution in [3.63, 3.8) is 0 Å². The van der Waals surface area contributed by atoms with Crippen LogP contribution in [0.4, 0.5) is 10.2 Å². The molecule has 15 heavy (non-hydrogen) atoms. The zero-order valence-corrected chi connectivity index (χ0v) is 8.24. The summed E-state index contributed by atoms with van der Waals surface area (Å²) in [6.07, 6.45) is 0. The highest BCUT2D eigenvalue weighted by molar-refractivity contribution is 5.56. The highest BCUT2D eigenvalue weighted by Crippen LogP contribution is 2.16. The number of anilines is 1.